The molecule has 0 saturated carbocycles. The lowest BCUT2D eigenvalue weighted by molar-refractivity contribution is 0.138. The summed E-state index contributed by atoms with van der Waals surface area (Å²) in [5, 5.41) is 2.94. The summed E-state index contributed by atoms with van der Waals surface area (Å²) in [6, 6.07) is 0.0804. The van der Waals surface area contributed by atoms with Gasteiger partial charge in [0.1, 0.15) is 0 Å². The molecule has 1 heterocycles. The molecule has 0 aromatic rings. The fraction of sp³-hybridized carbons (Fsp3) is 0.900. The summed E-state index contributed by atoms with van der Waals surface area (Å²) in [7, 11) is 0. The van der Waals surface area contributed by atoms with Crippen molar-refractivity contribution in [2.45, 2.75) is 39.7 Å². The first-order valence-electron chi connectivity index (χ1n) is 5.03. The number of carbonyl (C=O) groups excluding carboxylic acids is 1. The Balaban J connectivity index is 2.83. The van der Waals surface area contributed by atoms with E-state index in [1.54, 1.807) is 0 Å². The quantitative estimate of drug-likeness (QED) is 0.662. The summed E-state index contributed by atoms with van der Waals surface area (Å²) in [6.07, 6.45) is 1.07. The number of carbonyl (C=O) groups is 1. The van der Waals surface area contributed by atoms with Crippen LogP contribution in [0.3, 0.4) is 0 Å². The first-order valence-corrected chi connectivity index (χ1v) is 5.03. The number of nitrogens with zero attached hydrogens (tertiary/aromatic N) is 1. The Morgan fingerprint density at radius 3 is 2.77 bits per heavy atom. The van der Waals surface area contributed by atoms with Gasteiger partial charge in [-0.1, -0.05) is 6.92 Å². The number of hydrogen-bond acceptors (Lipinski definition) is 1. The number of urea groups is 1. The molecule has 0 spiro atoms. The van der Waals surface area contributed by atoms with Gasteiger partial charge >= 0.3 is 6.03 Å². The van der Waals surface area contributed by atoms with E-state index in [0.29, 0.717) is 5.92 Å². The van der Waals surface area contributed by atoms with Gasteiger partial charge in [-0.25, -0.2) is 4.79 Å². The monoisotopic (exact) mass is 184 g/mol. The standard InChI is InChI=1S/C10H20N2O/c1-5-12-9(13)11-7-8(2)6-10(12,3)4/h8H,5-7H2,1-4H3,(H,11,13). The Hall–Kier alpha value is -0.730. The highest BCUT2D eigenvalue weighted by molar-refractivity contribution is 5.75. The van der Waals surface area contributed by atoms with Crippen LogP contribution < -0.4 is 5.32 Å². The van der Waals surface area contributed by atoms with Gasteiger partial charge in [0.2, 0.25) is 0 Å². The van der Waals surface area contributed by atoms with Crippen molar-refractivity contribution in [3.63, 3.8) is 0 Å². The second kappa shape index (κ2) is 3.56. The molecule has 1 saturated heterocycles. The molecule has 1 atom stereocenters. The van der Waals surface area contributed by atoms with E-state index in [2.05, 4.69) is 26.1 Å². The summed E-state index contributed by atoms with van der Waals surface area (Å²) in [4.78, 5) is 13.5. The predicted octanol–water partition coefficient (Wildman–Crippen LogP) is 1.84. The van der Waals surface area contributed by atoms with Gasteiger partial charge in [-0.15, -0.1) is 0 Å². The van der Waals surface area contributed by atoms with Gasteiger partial charge in [0, 0.05) is 18.6 Å². The lowest BCUT2D eigenvalue weighted by atomic mass is 9.91. The molecule has 1 unspecified atom stereocenters. The second-order valence-corrected chi connectivity index (χ2v) is 4.55. The molecule has 1 aliphatic heterocycles. The molecule has 2 amide bonds. The fourth-order valence-corrected chi connectivity index (χ4v) is 2.24. The van der Waals surface area contributed by atoms with Crippen LogP contribution in [0.4, 0.5) is 4.79 Å². The van der Waals surface area contributed by atoms with Crippen LogP contribution in [0.15, 0.2) is 0 Å². The summed E-state index contributed by atoms with van der Waals surface area (Å²) in [5.41, 5.74) is -0.00521. The zero-order valence-corrected chi connectivity index (χ0v) is 9.05. The Labute approximate surface area is 80.5 Å². The molecule has 1 N–H and O–H groups in total. The molecule has 3 nitrogen and oxygen atoms in total. The molecule has 0 radical (unpaired) electrons. The highest BCUT2D eigenvalue weighted by atomic mass is 16.2. The Morgan fingerprint density at radius 2 is 2.23 bits per heavy atom. The number of rotatable bonds is 1. The smallest absolute Gasteiger partial charge is 0.317 e. The zero-order valence-electron chi connectivity index (χ0n) is 9.05. The van der Waals surface area contributed by atoms with Crippen molar-refractivity contribution in [3.05, 3.63) is 0 Å². The van der Waals surface area contributed by atoms with E-state index < -0.39 is 0 Å². The molecule has 0 aromatic carbocycles. The number of hydrogen-bond donors (Lipinski definition) is 1. The van der Waals surface area contributed by atoms with Gasteiger partial charge in [0.05, 0.1) is 0 Å². The number of nitrogens with one attached hydrogen (secondary N) is 1. The van der Waals surface area contributed by atoms with Gasteiger partial charge in [0.25, 0.3) is 0 Å². The topological polar surface area (TPSA) is 32.3 Å². The molecule has 1 fully saturated rings. The Bertz CT molecular complexity index is 201. The van der Waals surface area contributed by atoms with Crippen LogP contribution in [0.2, 0.25) is 0 Å². The minimum absolute atomic E-state index is 0.00521. The van der Waals surface area contributed by atoms with E-state index in [9.17, 15) is 4.79 Å². The first kappa shape index (κ1) is 10.4. The summed E-state index contributed by atoms with van der Waals surface area (Å²) in [5.74, 6) is 0.565. The summed E-state index contributed by atoms with van der Waals surface area (Å²) in [6.45, 7) is 10.1. The van der Waals surface area contributed by atoms with E-state index in [0.717, 1.165) is 19.5 Å². The molecular formula is C10H20N2O. The molecule has 76 valence electrons. The normalized spacial score (nSPS) is 28.2. The van der Waals surface area contributed by atoms with E-state index in [1.165, 1.54) is 0 Å². The van der Waals surface area contributed by atoms with Crippen molar-refractivity contribution in [3.8, 4) is 0 Å². The third kappa shape index (κ3) is 2.14. The van der Waals surface area contributed by atoms with E-state index >= 15 is 0 Å². The third-order valence-corrected chi connectivity index (χ3v) is 2.74. The van der Waals surface area contributed by atoms with Gasteiger partial charge in [-0.3, -0.25) is 0 Å². The maximum Gasteiger partial charge on any atom is 0.317 e. The minimum Gasteiger partial charge on any atom is -0.338 e. The largest absolute Gasteiger partial charge is 0.338 e. The van der Waals surface area contributed by atoms with Crippen molar-refractivity contribution in [1.29, 1.82) is 0 Å². The molecule has 1 rings (SSSR count). The fourth-order valence-electron chi connectivity index (χ4n) is 2.24. The second-order valence-electron chi connectivity index (χ2n) is 4.55. The van der Waals surface area contributed by atoms with Gasteiger partial charge in [-0.05, 0) is 33.1 Å². The number of amides is 2. The average Bonchev–Trinajstić information content (AvgIpc) is 2.08. The molecule has 0 aliphatic carbocycles. The van der Waals surface area contributed by atoms with Crippen LogP contribution >= 0.6 is 0 Å². The van der Waals surface area contributed by atoms with Gasteiger partial charge in [0.15, 0.2) is 0 Å². The lowest BCUT2D eigenvalue weighted by Gasteiger charge is -2.36. The van der Waals surface area contributed by atoms with Gasteiger partial charge < -0.3 is 10.2 Å². The van der Waals surface area contributed by atoms with Crippen LogP contribution in [0.25, 0.3) is 0 Å². The van der Waals surface area contributed by atoms with Crippen molar-refractivity contribution in [2.75, 3.05) is 13.1 Å². The van der Waals surface area contributed by atoms with Crippen molar-refractivity contribution in [1.82, 2.24) is 10.2 Å². The molecule has 0 aromatic heterocycles. The van der Waals surface area contributed by atoms with Crippen molar-refractivity contribution in [2.24, 2.45) is 5.92 Å². The van der Waals surface area contributed by atoms with Crippen LogP contribution in [0, 0.1) is 5.92 Å². The first-order chi connectivity index (χ1) is 5.97. The predicted molar refractivity (Wildman–Crippen MR) is 53.6 cm³/mol. The summed E-state index contributed by atoms with van der Waals surface area (Å²) >= 11 is 0. The highest BCUT2D eigenvalue weighted by Crippen LogP contribution is 2.25. The van der Waals surface area contributed by atoms with Crippen LogP contribution in [0.5, 0.6) is 0 Å². The van der Waals surface area contributed by atoms with Crippen LogP contribution in [0.1, 0.15) is 34.1 Å². The van der Waals surface area contributed by atoms with Crippen LogP contribution in [-0.2, 0) is 0 Å². The maximum absolute atomic E-state index is 11.6. The molecule has 1 aliphatic rings. The SMILES string of the molecule is CCN1C(=O)NCC(C)CC1(C)C. The summed E-state index contributed by atoms with van der Waals surface area (Å²) < 4.78 is 0. The van der Waals surface area contributed by atoms with Gasteiger partial charge in [-0.2, -0.15) is 0 Å². The van der Waals surface area contributed by atoms with E-state index in [-0.39, 0.29) is 11.6 Å². The minimum atomic E-state index is -0.00521. The molecular weight excluding hydrogens is 164 g/mol. The maximum atomic E-state index is 11.6. The zero-order chi connectivity index (χ0) is 10.1. The van der Waals surface area contributed by atoms with E-state index in [4.69, 9.17) is 0 Å². The van der Waals surface area contributed by atoms with Crippen molar-refractivity contribution < 1.29 is 4.79 Å². The molecule has 13 heavy (non-hydrogen) atoms. The Morgan fingerprint density at radius 1 is 1.62 bits per heavy atom. The average molecular weight is 184 g/mol. The molecule has 0 bridgehead atoms. The highest BCUT2D eigenvalue weighted by Gasteiger charge is 2.33. The Kier molecular flexibility index (Phi) is 2.84. The van der Waals surface area contributed by atoms with Crippen LogP contribution in [-0.4, -0.2) is 29.6 Å². The third-order valence-electron chi connectivity index (χ3n) is 2.74. The lowest BCUT2D eigenvalue weighted by Crippen LogP contribution is -2.49. The van der Waals surface area contributed by atoms with Crippen molar-refractivity contribution >= 4 is 6.03 Å². The molecule has 3 heteroatoms. The van der Waals surface area contributed by atoms with E-state index in [1.807, 2.05) is 11.8 Å².